The minimum atomic E-state index is 0.188. The third kappa shape index (κ3) is 3.80. The van der Waals surface area contributed by atoms with Crippen LogP contribution in [0, 0.1) is 58.2 Å². The van der Waals surface area contributed by atoms with Crippen molar-refractivity contribution in [2.45, 2.75) is 112 Å². The fraction of sp³-hybridized carbons (Fsp3) is 0.737. The van der Waals surface area contributed by atoms with Crippen LogP contribution in [0.15, 0.2) is 42.5 Å². The van der Waals surface area contributed by atoms with Crippen molar-refractivity contribution < 1.29 is 5.11 Å². The average molecular weight is 544 g/mol. The molecule has 40 heavy (non-hydrogen) atoms. The molecule has 0 amide bonds. The lowest BCUT2D eigenvalue weighted by Crippen LogP contribution is -2.68. The molecule has 4 saturated carbocycles. The van der Waals surface area contributed by atoms with Gasteiger partial charge in [-0.05, 0) is 134 Å². The van der Waals surface area contributed by atoms with Crippen molar-refractivity contribution in [3.63, 3.8) is 0 Å². The van der Waals surface area contributed by atoms with Crippen LogP contribution in [0.25, 0.3) is 5.57 Å². The van der Waals surface area contributed by atoms with Gasteiger partial charge in [-0.3, -0.25) is 0 Å². The summed E-state index contributed by atoms with van der Waals surface area (Å²) in [6.07, 6.45) is 14.5. The Kier molecular flexibility index (Phi) is 6.87. The lowest BCUT2D eigenvalue weighted by molar-refractivity contribution is -0.219. The van der Waals surface area contributed by atoms with Gasteiger partial charge in [-0.2, -0.15) is 0 Å². The smallest absolute Gasteiger partial charge is 0.0556 e. The summed E-state index contributed by atoms with van der Waals surface area (Å²) in [5, 5.41) is 13.7. The van der Waals surface area contributed by atoms with Gasteiger partial charge in [-0.1, -0.05) is 82.7 Å². The van der Waals surface area contributed by atoms with E-state index in [1.807, 2.05) is 0 Å². The number of aliphatic hydroxyl groups excluding tert-OH is 1. The third-order valence-electron chi connectivity index (χ3n) is 14.6. The molecule has 1 aromatic carbocycles. The SMILES string of the molecule is C=C(C)[C@@H]1CC[C@]2(NCCO)CC[C@]3(C)[C@H](CC[C@@H]4[C@@]5(C)CC=C(c6ccc(C)cc6)C(C)(C)[C@@H]5CC[C@]43C)[C@@H]12. The van der Waals surface area contributed by atoms with E-state index in [0.717, 1.165) is 24.3 Å². The van der Waals surface area contributed by atoms with E-state index in [4.69, 9.17) is 0 Å². The van der Waals surface area contributed by atoms with Crippen molar-refractivity contribution in [2.24, 2.45) is 51.2 Å². The predicted molar refractivity (Wildman–Crippen MR) is 169 cm³/mol. The second kappa shape index (κ2) is 9.57. The molecule has 2 heteroatoms. The molecule has 0 heterocycles. The van der Waals surface area contributed by atoms with Gasteiger partial charge in [0.2, 0.25) is 0 Å². The van der Waals surface area contributed by atoms with Crippen LogP contribution in [-0.2, 0) is 0 Å². The Bertz CT molecular complexity index is 1180. The molecule has 5 aliphatic carbocycles. The summed E-state index contributed by atoms with van der Waals surface area (Å²) in [5.74, 6) is 3.53. The number of β-amino-alcohol motifs (C(OH)–C–C–N with tert-alkyl or cyclic N) is 1. The molecule has 0 aromatic heterocycles. The summed E-state index contributed by atoms with van der Waals surface area (Å²) in [6, 6.07) is 9.31. The minimum Gasteiger partial charge on any atom is -0.395 e. The van der Waals surface area contributed by atoms with Gasteiger partial charge >= 0.3 is 0 Å². The standard InChI is InChI=1S/C38H57NO/c1-25(2)28-15-20-38(39-23-24-40)22-21-36(7)30(33(28)38)13-14-32-35(6)18-16-29(27-11-9-26(3)10-12-27)34(4,5)31(35)17-19-37(32,36)8/h9-12,16,28,30-33,39-40H,1,13-15,17-24H2,2-8H3/t28-,30+,31-,32+,33+,35-,36+,37+,38-/m0/s1. The average Bonchev–Trinajstić information content (AvgIpc) is 3.29. The number of aryl methyl sites for hydroxylation is 1. The lowest BCUT2D eigenvalue weighted by Gasteiger charge is -2.72. The van der Waals surface area contributed by atoms with Gasteiger partial charge in [-0.15, -0.1) is 0 Å². The van der Waals surface area contributed by atoms with Crippen molar-refractivity contribution in [3.05, 3.63) is 53.6 Å². The molecule has 2 nitrogen and oxygen atoms in total. The van der Waals surface area contributed by atoms with Crippen LogP contribution < -0.4 is 5.32 Å². The van der Waals surface area contributed by atoms with Gasteiger partial charge in [0.15, 0.2) is 0 Å². The molecular weight excluding hydrogens is 486 g/mol. The Labute approximate surface area is 245 Å². The van der Waals surface area contributed by atoms with Gasteiger partial charge in [0, 0.05) is 12.1 Å². The van der Waals surface area contributed by atoms with Crippen LogP contribution >= 0.6 is 0 Å². The number of hydrogen-bond acceptors (Lipinski definition) is 2. The normalized spacial score (nSPS) is 45.5. The van der Waals surface area contributed by atoms with Crippen LogP contribution in [0.4, 0.5) is 0 Å². The van der Waals surface area contributed by atoms with E-state index in [1.54, 1.807) is 5.57 Å². The fourth-order valence-corrected chi connectivity index (χ4v) is 12.6. The zero-order valence-corrected chi connectivity index (χ0v) is 26.7. The molecule has 0 unspecified atom stereocenters. The Morgan fingerprint density at radius 3 is 2.30 bits per heavy atom. The molecule has 9 atom stereocenters. The maximum Gasteiger partial charge on any atom is 0.0556 e. The molecule has 0 saturated heterocycles. The van der Waals surface area contributed by atoms with Gasteiger partial charge < -0.3 is 10.4 Å². The summed E-state index contributed by atoms with van der Waals surface area (Å²) in [4.78, 5) is 0. The predicted octanol–water partition coefficient (Wildman–Crippen LogP) is 8.98. The highest BCUT2D eigenvalue weighted by Crippen LogP contribution is 2.76. The number of fused-ring (bicyclic) bond motifs is 7. The third-order valence-corrected chi connectivity index (χ3v) is 14.6. The monoisotopic (exact) mass is 543 g/mol. The highest BCUT2D eigenvalue weighted by atomic mass is 16.3. The van der Waals surface area contributed by atoms with Crippen LogP contribution in [0.1, 0.15) is 110 Å². The van der Waals surface area contributed by atoms with Gasteiger partial charge in [0.1, 0.15) is 0 Å². The van der Waals surface area contributed by atoms with Crippen LogP contribution in [-0.4, -0.2) is 23.8 Å². The van der Waals surface area contributed by atoms with Crippen LogP contribution in [0.3, 0.4) is 0 Å². The van der Waals surface area contributed by atoms with Gasteiger partial charge in [-0.25, -0.2) is 0 Å². The number of aliphatic hydroxyl groups is 1. The fourth-order valence-electron chi connectivity index (χ4n) is 12.6. The van der Waals surface area contributed by atoms with Crippen molar-refractivity contribution >= 4 is 5.57 Å². The Morgan fingerprint density at radius 2 is 1.62 bits per heavy atom. The Balaban J connectivity index is 1.37. The largest absolute Gasteiger partial charge is 0.395 e. The van der Waals surface area contributed by atoms with E-state index >= 15 is 0 Å². The number of rotatable bonds is 5. The quantitative estimate of drug-likeness (QED) is 0.363. The highest BCUT2D eigenvalue weighted by molar-refractivity contribution is 5.71. The maximum atomic E-state index is 9.77. The van der Waals surface area contributed by atoms with E-state index in [1.165, 1.54) is 74.5 Å². The van der Waals surface area contributed by atoms with Gasteiger partial charge in [0.25, 0.3) is 0 Å². The molecule has 0 spiro atoms. The summed E-state index contributed by atoms with van der Waals surface area (Å²) in [7, 11) is 0. The summed E-state index contributed by atoms with van der Waals surface area (Å²) < 4.78 is 0. The summed E-state index contributed by atoms with van der Waals surface area (Å²) in [6.45, 7) is 23.3. The molecule has 0 bridgehead atoms. The molecule has 2 N–H and O–H groups in total. The number of allylic oxidation sites excluding steroid dienone is 3. The van der Waals surface area contributed by atoms with Crippen LogP contribution in [0.5, 0.6) is 0 Å². The van der Waals surface area contributed by atoms with Gasteiger partial charge in [0.05, 0.1) is 6.61 Å². The molecule has 220 valence electrons. The van der Waals surface area contributed by atoms with Crippen molar-refractivity contribution in [1.82, 2.24) is 5.32 Å². The van der Waals surface area contributed by atoms with Crippen molar-refractivity contribution in [3.8, 4) is 0 Å². The van der Waals surface area contributed by atoms with E-state index in [9.17, 15) is 5.11 Å². The first-order chi connectivity index (χ1) is 18.8. The molecule has 4 fully saturated rings. The maximum absolute atomic E-state index is 9.77. The zero-order chi connectivity index (χ0) is 28.7. The topological polar surface area (TPSA) is 32.3 Å². The highest BCUT2D eigenvalue weighted by Gasteiger charge is 2.70. The second-order valence-corrected chi connectivity index (χ2v) is 16.4. The molecule has 5 aliphatic rings. The number of benzene rings is 1. The van der Waals surface area contributed by atoms with Crippen molar-refractivity contribution in [1.29, 1.82) is 0 Å². The minimum absolute atomic E-state index is 0.188. The lowest BCUT2D eigenvalue weighted by atomic mass is 9.33. The second-order valence-electron chi connectivity index (χ2n) is 16.4. The first-order valence-electron chi connectivity index (χ1n) is 16.6. The van der Waals surface area contributed by atoms with Crippen LogP contribution in [0.2, 0.25) is 0 Å². The molecule has 0 radical (unpaired) electrons. The summed E-state index contributed by atoms with van der Waals surface area (Å²) in [5.41, 5.74) is 7.24. The van der Waals surface area contributed by atoms with E-state index in [-0.39, 0.29) is 17.6 Å². The first kappa shape index (κ1) is 28.7. The molecular formula is C38H57NO. The molecule has 6 rings (SSSR count). The molecule has 0 aliphatic heterocycles. The first-order valence-corrected chi connectivity index (χ1v) is 16.6. The van der Waals surface area contributed by atoms with E-state index < -0.39 is 0 Å². The van der Waals surface area contributed by atoms with Crippen molar-refractivity contribution in [2.75, 3.05) is 13.2 Å². The number of nitrogens with one attached hydrogen (secondary N) is 1. The number of hydrogen-bond donors (Lipinski definition) is 2. The zero-order valence-electron chi connectivity index (χ0n) is 26.7. The van der Waals surface area contributed by atoms with E-state index in [0.29, 0.717) is 28.1 Å². The Hall–Kier alpha value is -1.38. The van der Waals surface area contributed by atoms with E-state index in [2.05, 4.69) is 90.7 Å². The molecule has 1 aromatic rings. The Morgan fingerprint density at radius 1 is 0.900 bits per heavy atom. The summed E-state index contributed by atoms with van der Waals surface area (Å²) >= 11 is 0.